The number of nitrogens with zero attached hydrogens (tertiary/aromatic N) is 1. The first kappa shape index (κ1) is 13.6. The Morgan fingerprint density at radius 1 is 1.38 bits per heavy atom. The Balaban J connectivity index is 2.38. The monoisotopic (exact) mass is 229 g/mol. The van der Waals surface area contributed by atoms with Gasteiger partial charge in [-0.3, -0.25) is 9.69 Å². The molecule has 1 saturated carbocycles. The van der Waals surface area contributed by atoms with Crippen molar-refractivity contribution >= 4 is 5.78 Å². The Bertz CT molecular complexity index is 216. The molecule has 1 rings (SSSR count). The van der Waals surface area contributed by atoms with Gasteiger partial charge in [0, 0.05) is 26.8 Å². The van der Waals surface area contributed by atoms with Gasteiger partial charge in [0.05, 0.1) is 13.2 Å². The maximum atomic E-state index is 11.6. The van der Waals surface area contributed by atoms with Crippen molar-refractivity contribution in [3.63, 3.8) is 0 Å². The van der Waals surface area contributed by atoms with Gasteiger partial charge in [0.15, 0.2) is 5.78 Å². The first-order valence-corrected chi connectivity index (χ1v) is 5.92. The molecule has 1 unspecified atom stereocenters. The second-order valence-electron chi connectivity index (χ2n) is 4.51. The predicted molar refractivity (Wildman–Crippen MR) is 62.5 cm³/mol. The third kappa shape index (κ3) is 4.60. The van der Waals surface area contributed by atoms with Gasteiger partial charge in [-0.2, -0.15) is 0 Å². The van der Waals surface area contributed by atoms with E-state index in [4.69, 9.17) is 9.47 Å². The van der Waals surface area contributed by atoms with Crippen LogP contribution < -0.4 is 0 Å². The second kappa shape index (κ2) is 6.99. The van der Waals surface area contributed by atoms with Crippen LogP contribution in [0.4, 0.5) is 0 Å². The van der Waals surface area contributed by atoms with Crippen LogP contribution in [0.25, 0.3) is 0 Å². The van der Waals surface area contributed by atoms with Crippen molar-refractivity contribution < 1.29 is 14.3 Å². The Labute approximate surface area is 97.9 Å². The fraction of sp³-hybridized carbons (Fsp3) is 0.917. The molecule has 94 valence electrons. The van der Waals surface area contributed by atoms with Crippen LogP contribution in [0.15, 0.2) is 0 Å². The highest BCUT2D eigenvalue weighted by Gasteiger charge is 2.32. The second-order valence-corrected chi connectivity index (χ2v) is 4.51. The van der Waals surface area contributed by atoms with Crippen molar-refractivity contribution in [1.29, 1.82) is 0 Å². The van der Waals surface area contributed by atoms with Crippen molar-refractivity contribution in [2.75, 3.05) is 40.5 Å². The number of rotatable bonds is 9. The molecule has 1 aliphatic rings. The molecule has 0 amide bonds. The quantitative estimate of drug-likeness (QED) is 0.590. The van der Waals surface area contributed by atoms with Crippen LogP contribution in [-0.2, 0) is 14.3 Å². The maximum absolute atomic E-state index is 11.6. The molecular weight excluding hydrogens is 206 g/mol. The Hall–Kier alpha value is -0.450. The number of carbonyl (C=O) groups excluding carboxylic acids is 1. The van der Waals surface area contributed by atoms with Crippen molar-refractivity contribution in [2.24, 2.45) is 5.92 Å². The summed E-state index contributed by atoms with van der Waals surface area (Å²) in [4.78, 5) is 13.8. The van der Waals surface area contributed by atoms with Crippen LogP contribution in [0, 0.1) is 5.92 Å². The molecule has 0 spiro atoms. The highest BCUT2D eigenvalue weighted by atomic mass is 16.5. The molecule has 4 nitrogen and oxygen atoms in total. The SMILES string of the molecule is COCCN(CC(=O)COC)C(C)C1CC1. The Morgan fingerprint density at radius 3 is 2.56 bits per heavy atom. The largest absolute Gasteiger partial charge is 0.383 e. The standard InChI is InChI=1S/C12H23NO3/c1-10(11-4-5-11)13(6-7-15-2)8-12(14)9-16-3/h10-11H,4-9H2,1-3H3. The molecule has 1 aliphatic carbocycles. The fourth-order valence-corrected chi connectivity index (χ4v) is 1.95. The van der Waals surface area contributed by atoms with Crippen LogP contribution in [0.1, 0.15) is 19.8 Å². The first-order valence-electron chi connectivity index (χ1n) is 5.92. The zero-order chi connectivity index (χ0) is 12.0. The van der Waals surface area contributed by atoms with Crippen molar-refractivity contribution in [1.82, 2.24) is 4.90 Å². The predicted octanol–water partition coefficient (Wildman–Crippen LogP) is 0.949. The van der Waals surface area contributed by atoms with Gasteiger partial charge in [-0.05, 0) is 25.7 Å². The van der Waals surface area contributed by atoms with E-state index in [9.17, 15) is 4.79 Å². The summed E-state index contributed by atoms with van der Waals surface area (Å²) >= 11 is 0. The highest BCUT2D eigenvalue weighted by Crippen LogP contribution is 2.34. The minimum absolute atomic E-state index is 0.145. The Morgan fingerprint density at radius 2 is 2.06 bits per heavy atom. The van der Waals surface area contributed by atoms with Crippen LogP contribution in [0.5, 0.6) is 0 Å². The van der Waals surface area contributed by atoms with E-state index in [1.165, 1.54) is 12.8 Å². The van der Waals surface area contributed by atoms with Gasteiger partial charge >= 0.3 is 0 Å². The van der Waals surface area contributed by atoms with E-state index in [1.54, 1.807) is 14.2 Å². The molecule has 0 aromatic carbocycles. The number of Topliss-reactive ketones (excluding diaryl/α,β-unsaturated/α-hetero) is 1. The lowest BCUT2D eigenvalue weighted by Crippen LogP contribution is -2.41. The molecule has 16 heavy (non-hydrogen) atoms. The number of carbonyl (C=O) groups is 1. The summed E-state index contributed by atoms with van der Waals surface area (Å²) in [7, 11) is 3.25. The van der Waals surface area contributed by atoms with E-state index >= 15 is 0 Å². The summed E-state index contributed by atoms with van der Waals surface area (Å²) in [5, 5.41) is 0. The maximum Gasteiger partial charge on any atom is 0.172 e. The van der Waals surface area contributed by atoms with E-state index in [0.29, 0.717) is 19.2 Å². The van der Waals surface area contributed by atoms with Crippen molar-refractivity contribution in [2.45, 2.75) is 25.8 Å². The molecule has 0 aromatic heterocycles. The minimum Gasteiger partial charge on any atom is -0.383 e. The number of hydrogen-bond acceptors (Lipinski definition) is 4. The molecule has 0 bridgehead atoms. The van der Waals surface area contributed by atoms with Gasteiger partial charge in [0.2, 0.25) is 0 Å². The van der Waals surface area contributed by atoms with Gasteiger partial charge in [-0.25, -0.2) is 0 Å². The molecule has 0 N–H and O–H groups in total. The molecule has 1 atom stereocenters. The minimum atomic E-state index is 0.145. The first-order chi connectivity index (χ1) is 7.69. The molecule has 0 heterocycles. The van der Waals surface area contributed by atoms with Crippen molar-refractivity contribution in [3.05, 3.63) is 0 Å². The summed E-state index contributed by atoms with van der Waals surface area (Å²) in [6, 6.07) is 0.482. The topological polar surface area (TPSA) is 38.8 Å². The van der Waals surface area contributed by atoms with Gasteiger partial charge in [0.1, 0.15) is 6.61 Å². The summed E-state index contributed by atoms with van der Waals surface area (Å²) < 4.78 is 9.94. The molecule has 1 fully saturated rings. The highest BCUT2D eigenvalue weighted by molar-refractivity contribution is 5.81. The molecular formula is C12H23NO3. The van der Waals surface area contributed by atoms with E-state index in [1.807, 2.05) is 0 Å². The van der Waals surface area contributed by atoms with Gasteiger partial charge in [0.25, 0.3) is 0 Å². The van der Waals surface area contributed by atoms with Crippen LogP contribution >= 0.6 is 0 Å². The Kier molecular flexibility index (Phi) is 5.95. The van der Waals surface area contributed by atoms with E-state index in [-0.39, 0.29) is 12.4 Å². The summed E-state index contributed by atoms with van der Waals surface area (Å²) in [5.41, 5.74) is 0. The molecule has 4 heteroatoms. The van der Waals surface area contributed by atoms with Crippen LogP contribution in [0.2, 0.25) is 0 Å². The molecule has 0 aromatic rings. The lowest BCUT2D eigenvalue weighted by atomic mass is 10.1. The van der Waals surface area contributed by atoms with Crippen LogP contribution in [-0.4, -0.2) is 57.2 Å². The lowest BCUT2D eigenvalue weighted by Gasteiger charge is -2.28. The zero-order valence-electron chi connectivity index (χ0n) is 10.6. The smallest absolute Gasteiger partial charge is 0.172 e. The third-order valence-corrected chi connectivity index (χ3v) is 3.15. The number of methoxy groups -OCH3 is 2. The normalized spacial score (nSPS) is 17.8. The third-order valence-electron chi connectivity index (χ3n) is 3.15. The average molecular weight is 229 g/mol. The summed E-state index contributed by atoms with van der Waals surface area (Å²) in [5.74, 6) is 0.915. The number of hydrogen-bond donors (Lipinski definition) is 0. The van der Waals surface area contributed by atoms with E-state index < -0.39 is 0 Å². The van der Waals surface area contributed by atoms with Gasteiger partial charge in [-0.1, -0.05) is 0 Å². The molecule has 0 aliphatic heterocycles. The van der Waals surface area contributed by atoms with Gasteiger partial charge < -0.3 is 9.47 Å². The molecule has 0 saturated heterocycles. The lowest BCUT2D eigenvalue weighted by molar-refractivity contribution is -0.124. The van der Waals surface area contributed by atoms with Crippen molar-refractivity contribution in [3.8, 4) is 0 Å². The zero-order valence-corrected chi connectivity index (χ0v) is 10.6. The van der Waals surface area contributed by atoms with E-state index in [2.05, 4.69) is 11.8 Å². The van der Waals surface area contributed by atoms with Gasteiger partial charge in [-0.15, -0.1) is 0 Å². The van der Waals surface area contributed by atoms with Crippen LogP contribution in [0.3, 0.4) is 0 Å². The average Bonchev–Trinajstić information content (AvgIpc) is 3.07. The summed E-state index contributed by atoms with van der Waals surface area (Å²) in [6.45, 7) is 4.39. The summed E-state index contributed by atoms with van der Waals surface area (Å²) in [6.07, 6.45) is 2.59. The number of ketones is 1. The van der Waals surface area contributed by atoms with E-state index in [0.717, 1.165) is 12.5 Å². The molecule has 0 radical (unpaired) electrons. The number of ether oxygens (including phenoxy) is 2. The fourth-order valence-electron chi connectivity index (χ4n) is 1.95.